The molecule has 2 fully saturated rings. The maximum Gasteiger partial charge on any atom is 0.219 e. The molecule has 14 heavy (non-hydrogen) atoms. The van der Waals surface area contributed by atoms with Crippen molar-refractivity contribution >= 4 is 5.91 Å². The first-order valence-electron chi connectivity index (χ1n) is 5.53. The van der Waals surface area contributed by atoms with Crippen LogP contribution in [0.2, 0.25) is 0 Å². The monoisotopic (exact) mass is 196 g/mol. The number of hydrogen-bond donors (Lipinski definition) is 0. The third kappa shape index (κ3) is 1.44. The molecule has 0 aliphatic carbocycles. The summed E-state index contributed by atoms with van der Waals surface area (Å²) in [6.45, 7) is 11.7. The largest absolute Gasteiger partial charge is 0.342 e. The van der Waals surface area contributed by atoms with Gasteiger partial charge in [-0.3, -0.25) is 4.79 Å². The second kappa shape index (κ2) is 3.23. The van der Waals surface area contributed by atoms with Crippen LogP contribution in [-0.4, -0.2) is 48.4 Å². The Morgan fingerprint density at radius 1 is 1.43 bits per heavy atom. The van der Waals surface area contributed by atoms with Gasteiger partial charge in [-0.1, -0.05) is 13.8 Å². The first-order chi connectivity index (χ1) is 6.55. The van der Waals surface area contributed by atoms with Crippen molar-refractivity contribution in [1.82, 2.24) is 9.80 Å². The Bertz CT molecular complexity index is 254. The molecule has 0 radical (unpaired) electrons. The Morgan fingerprint density at radius 3 is 2.64 bits per heavy atom. The van der Waals surface area contributed by atoms with Crippen LogP contribution in [0.5, 0.6) is 0 Å². The van der Waals surface area contributed by atoms with Gasteiger partial charge in [0.15, 0.2) is 0 Å². The fourth-order valence-corrected chi connectivity index (χ4v) is 2.94. The Hall–Kier alpha value is -0.570. The van der Waals surface area contributed by atoms with E-state index in [0.717, 1.165) is 26.2 Å². The third-order valence-corrected chi connectivity index (χ3v) is 3.93. The zero-order chi connectivity index (χ0) is 10.3. The van der Waals surface area contributed by atoms with E-state index in [9.17, 15) is 4.79 Å². The molecule has 0 saturated carbocycles. The second-order valence-corrected chi connectivity index (χ2v) is 5.08. The number of likely N-dealkylation sites (tertiary alicyclic amines) is 2. The molecule has 2 atom stereocenters. The molecule has 80 valence electrons. The quantitative estimate of drug-likeness (QED) is 0.619. The molecular formula is C11H20N2O. The Morgan fingerprint density at radius 2 is 2.14 bits per heavy atom. The van der Waals surface area contributed by atoms with Crippen molar-refractivity contribution in [1.29, 1.82) is 0 Å². The third-order valence-electron chi connectivity index (χ3n) is 3.93. The summed E-state index contributed by atoms with van der Waals surface area (Å²) in [5.41, 5.74) is 0.363. The lowest BCUT2D eigenvalue weighted by molar-refractivity contribution is -0.128. The summed E-state index contributed by atoms with van der Waals surface area (Å²) >= 11 is 0. The van der Waals surface area contributed by atoms with Crippen LogP contribution in [0.3, 0.4) is 0 Å². The fourth-order valence-electron chi connectivity index (χ4n) is 2.94. The van der Waals surface area contributed by atoms with Crippen molar-refractivity contribution < 1.29 is 4.79 Å². The van der Waals surface area contributed by atoms with E-state index < -0.39 is 0 Å². The summed E-state index contributed by atoms with van der Waals surface area (Å²) in [5, 5.41) is 0. The zero-order valence-electron chi connectivity index (χ0n) is 9.42. The Kier molecular flexibility index (Phi) is 2.30. The summed E-state index contributed by atoms with van der Waals surface area (Å²) in [4.78, 5) is 15.8. The number of rotatable bonds is 1. The van der Waals surface area contributed by atoms with Gasteiger partial charge < -0.3 is 9.80 Å². The minimum Gasteiger partial charge on any atom is -0.342 e. The molecule has 3 heteroatoms. The lowest BCUT2D eigenvalue weighted by atomic mass is 9.83. The normalized spacial score (nSPS) is 37.6. The van der Waals surface area contributed by atoms with E-state index in [0.29, 0.717) is 11.3 Å². The molecule has 1 amide bonds. The van der Waals surface area contributed by atoms with E-state index in [2.05, 4.69) is 18.7 Å². The van der Waals surface area contributed by atoms with Gasteiger partial charge in [0.1, 0.15) is 0 Å². The summed E-state index contributed by atoms with van der Waals surface area (Å²) in [6.07, 6.45) is 0. The van der Waals surface area contributed by atoms with Gasteiger partial charge in [-0.15, -0.1) is 0 Å². The average Bonchev–Trinajstić information content (AvgIpc) is 2.55. The van der Waals surface area contributed by atoms with Crippen LogP contribution in [0, 0.1) is 11.3 Å². The average molecular weight is 196 g/mol. The highest BCUT2D eigenvalue weighted by molar-refractivity contribution is 5.73. The molecule has 1 unspecified atom stereocenters. The number of nitrogens with zero attached hydrogens (tertiary/aromatic N) is 2. The number of fused-ring (bicyclic) bond motifs is 1. The van der Waals surface area contributed by atoms with Gasteiger partial charge in [0.05, 0.1) is 0 Å². The first kappa shape index (κ1) is 9.97. The highest BCUT2D eigenvalue weighted by Gasteiger charge is 2.49. The van der Waals surface area contributed by atoms with Crippen LogP contribution in [0.25, 0.3) is 0 Å². The van der Waals surface area contributed by atoms with E-state index in [-0.39, 0.29) is 5.91 Å². The minimum atomic E-state index is 0.240. The van der Waals surface area contributed by atoms with Gasteiger partial charge in [0.2, 0.25) is 5.91 Å². The molecule has 2 saturated heterocycles. The maximum absolute atomic E-state index is 11.3. The van der Waals surface area contributed by atoms with Crippen molar-refractivity contribution in [3.63, 3.8) is 0 Å². The van der Waals surface area contributed by atoms with Gasteiger partial charge in [-0.25, -0.2) is 0 Å². The molecule has 2 heterocycles. The second-order valence-electron chi connectivity index (χ2n) is 5.08. The van der Waals surface area contributed by atoms with Crippen LogP contribution in [0.1, 0.15) is 20.8 Å². The van der Waals surface area contributed by atoms with Crippen molar-refractivity contribution in [3.8, 4) is 0 Å². The molecule has 0 spiro atoms. The predicted molar refractivity (Wildman–Crippen MR) is 56.0 cm³/mol. The van der Waals surface area contributed by atoms with Gasteiger partial charge in [0, 0.05) is 38.5 Å². The molecule has 0 aromatic carbocycles. The van der Waals surface area contributed by atoms with Gasteiger partial charge in [-0.05, 0) is 12.5 Å². The lowest BCUT2D eigenvalue weighted by Gasteiger charge is -2.24. The molecule has 3 nitrogen and oxygen atoms in total. The number of amides is 1. The molecule has 2 aliphatic heterocycles. The van der Waals surface area contributed by atoms with Crippen LogP contribution >= 0.6 is 0 Å². The molecule has 2 rings (SSSR count). The Labute approximate surface area is 86.1 Å². The van der Waals surface area contributed by atoms with Gasteiger partial charge in [0.25, 0.3) is 0 Å². The van der Waals surface area contributed by atoms with Crippen LogP contribution in [-0.2, 0) is 4.79 Å². The van der Waals surface area contributed by atoms with E-state index in [1.54, 1.807) is 6.92 Å². The summed E-state index contributed by atoms with van der Waals surface area (Å²) in [5.74, 6) is 0.940. The molecular weight excluding hydrogens is 176 g/mol. The SMILES string of the molecule is CCN1CC2CN(C(C)=O)C[C@@]2(C)C1. The fraction of sp³-hybridized carbons (Fsp3) is 0.909. The van der Waals surface area contributed by atoms with Crippen molar-refractivity contribution in [2.75, 3.05) is 32.7 Å². The number of carbonyl (C=O) groups excluding carboxylic acids is 1. The molecule has 0 aromatic rings. The highest BCUT2D eigenvalue weighted by atomic mass is 16.2. The van der Waals surface area contributed by atoms with E-state index in [1.165, 1.54) is 6.54 Å². The number of hydrogen-bond acceptors (Lipinski definition) is 2. The Balaban J connectivity index is 2.06. The van der Waals surface area contributed by atoms with Crippen molar-refractivity contribution in [2.45, 2.75) is 20.8 Å². The van der Waals surface area contributed by atoms with Gasteiger partial charge >= 0.3 is 0 Å². The van der Waals surface area contributed by atoms with E-state index in [1.807, 2.05) is 4.90 Å². The topological polar surface area (TPSA) is 23.6 Å². The van der Waals surface area contributed by atoms with E-state index in [4.69, 9.17) is 0 Å². The standard InChI is InChI=1S/C11H20N2O/c1-4-12-5-10-6-13(9(2)14)8-11(10,3)7-12/h10H,4-8H2,1-3H3/t10?,11-/m1/s1. The summed E-state index contributed by atoms with van der Waals surface area (Å²) < 4.78 is 0. The molecule has 2 aliphatic rings. The molecule has 0 bridgehead atoms. The highest BCUT2D eigenvalue weighted by Crippen LogP contribution is 2.41. The smallest absolute Gasteiger partial charge is 0.219 e. The summed E-state index contributed by atoms with van der Waals surface area (Å²) in [6, 6.07) is 0. The predicted octanol–water partition coefficient (Wildman–Crippen LogP) is 0.806. The molecule has 0 aromatic heterocycles. The van der Waals surface area contributed by atoms with Crippen molar-refractivity contribution in [3.05, 3.63) is 0 Å². The molecule has 0 N–H and O–H groups in total. The van der Waals surface area contributed by atoms with Crippen LogP contribution < -0.4 is 0 Å². The van der Waals surface area contributed by atoms with Gasteiger partial charge in [-0.2, -0.15) is 0 Å². The first-order valence-corrected chi connectivity index (χ1v) is 5.53. The van der Waals surface area contributed by atoms with Crippen molar-refractivity contribution in [2.24, 2.45) is 11.3 Å². The summed E-state index contributed by atoms with van der Waals surface area (Å²) in [7, 11) is 0. The zero-order valence-corrected chi connectivity index (χ0v) is 9.42. The maximum atomic E-state index is 11.3. The lowest BCUT2D eigenvalue weighted by Crippen LogP contribution is -2.34. The van der Waals surface area contributed by atoms with E-state index >= 15 is 0 Å². The van der Waals surface area contributed by atoms with Crippen LogP contribution in [0.15, 0.2) is 0 Å². The minimum absolute atomic E-state index is 0.240. The van der Waals surface area contributed by atoms with Crippen LogP contribution in [0.4, 0.5) is 0 Å². The number of carbonyl (C=O) groups is 1.